The maximum atomic E-state index is 12.9. The molecule has 0 spiro atoms. The number of hydrogen-bond acceptors (Lipinski definition) is 7. The number of halogens is 3. The van der Waals surface area contributed by atoms with Gasteiger partial charge in [0.25, 0.3) is 5.91 Å². The lowest BCUT2D eigenvalue weighted by Gasteiger charge is -2.26. The van der Waals surface area contributed by atoms with Crippen molar-refractivity contribution in [2.24, 2.45) is 0 Å². The minimum absolute atomic E-state index is 0.0489. The maximum absolute atomic E-state index is 12.9. The third-order valence-electron chi connectivity index (χ3n) is 5.41. The Kier molecular flexibility index (Phi) is 10.8. The summed E-state index contributed by atoms with van der Waals surface area (Å²) in [4.78, 5) is 21.2. The largest absolute Gasteiger partial charge is 0.508 e. The summed E-state index contributed by atoms with van der Waals surface area (Å²) in [6.07, 6.45) is 8.22. The molecule has 4 N–H and O–H groups in total. The molecule has 0 bridgehead atoms. The van der Waals surface area contributed by atoms with E-state index < -0.39 is 12.3 Å². The summed E-state index contributed by atoms with van der Waals surface area (Å²) in [6, 6.07) is 6.73. The minimum Gasteiger partial charge on any atom is -0.508 e. The van der Waals surface area contributed by atoms with Crippen molar-refractivity contribution in [1.82, 2.24) is 15.3 Å². The van der Waals surface area contributed by atoms with E-state index in [1.807, 2.05) is 6.08 Å². The average Bonchev–Trinajstić information content (AvgIpc) is 3.06. The number of carbonyl (C=O) groups is 1. The molecule has 1 saturated heterocycles. The summed E-state index contributed by atoms with van der Waals surface area (Å²) in [5, 5.41) is 19.9. The number of alkyl halides is 2. The summed E-state index contributed by atoms with van der Waals surface area (Å²) < 4.78 is 26.9. The lowest BCUT2D eigenvalue weighted by atomic mass is 10.1. The van der Waals surface area contributed by atoms with E-state index >= 15 is 0 Å². The number of amides is 1. The second-order valence-electron chi connectivity index (χ2n) is 8.42. The van der Waals surface area contributed by atoms with Gasteiger partial charge in [0.1, 0.15) is 23.4 Å². The molecule has 8 nitrogen and oxygen atoms in total. The van der Waals surface area contributed by atoms with Crippen LogP contribution in [0.1, 0.15) is 36.7 Å². The molecule has 1 amide bonds. The molecule has 0 atom stereocenters. The first-order valence-corrected chi connectivity index (χ1v) is 12.4. The average molecular weight is 546 g/mol. The van der Waals surface area contributed by atoms with E-state index in [9.17, 15) is 18.7 Å². The second kappa shape index (κ2) is 14.3. The summed E-state index contributed by atoms with van der Waals surface area (Å²) in [7, 11) is 0. The van der Waals surface area contributed by atoms with Gasteiger partial charge in [-0.15, -0.1) is 0 Å². The number of aliphatic hydroxyl groups is 1. The van der Waals surface area contributed by atoms with Crippen molar-refractivity contribution in [1.29, 1.82) is 0 Å². The molecule has 1 fully saturated rings. The number of allylic oxidation sites excluding steroid dienone is 4. The van der Waals surface area contributed by atoms with Gasteiger partial charge < -0.3 is 25.8 Å². The van der Waals surface area contributed by atoms with Crippen LogP contribution >= 0.6 is 11.6 Å². The summed E-state index contributed by atoms with van der Waals surface area (Å²) in [5.41, 5.74) is 2.00. The van der Waals surface area contributed by atoms with Crippen LogP contribution in [0.15, 0.2) is 84.3 Å². The van der Waals surface area contributed by atoms with Crippen LogP contribution in [0, 0.1) is 0 Å². The van der Waals surface area contributed by atoms with Gasteiger partial charge in [-0.05, 0) is 69.6 Å². The van der Waals surface area contributed by atoms with E-state index in [1.165, 1.54) is 12.4 Å². The Hall–Kier alpha value is -3.76. The predicted octanol–water partition coefficient (Wildman–Crippen LogP) is 6.00. The van der Waals surface area contributed by atoms with E-state index in [1.54, 1.807) is 36.4 Å². The zero-order valence-electron chi connectivity index (χ0n) is 20.9. The van der Waals surface area contributed by atoms with Crippen molar-refractivity contribution in [3.05, 3.63) is 95.0 Å². The molecule has 38 heavy (non-hydrogen) atoms. The first kappa shape index (κ1) is 28.8. The van der Waals surface area contributed by atoms with Crippen LogP contribution in [0.3, 0.4) is 0 Å². The molecule has 0 unspecified atom stereocenters. The Bertz CT molecular complexity index is 1210. The monoisotopic (exact) mass is 545 g/mol. The van der Waals surface area contributed by atoms with E-state index in [-0.39, 0.29) is 17.6 Å². The van der Waals surface area contributed by atoms with Gasteiger partial charge in [0, 0.05) is 29.7 Å². The number of hydrogen-bond donors (Lipinski definition) is 4. The van der Waals surface area contributed by atoms with E-state index in [0.29, 0.717) is 34.4 Å². The molecule has 0 radical (unpaired) electrons. The second-order valence-corrected chi connectivity index (χ2v) is 8.86. The van der Waals surface area contributed by atoms with Crippen LogP contribution in [0.25, 0.3) is 0 Å². The van der Waals surface area contributed by atoms with Gasteiger partial charge in [-0.2, -0.15) is 0 Å². The molecule has 3 heterocycles. The number of pyridine rings is 2. The number of aromatic nitrogens is 2. The van der Waals surface area contributed by atoms with E-state index in [0.717, 1.165) is 38.4 Å². The molecule has 1 aliphatic carbocycles. The van der Waals surface area contributed by atoms with Crippen molar-refractivity contribution in [3.8, 4) is 0 Å². The summed E-state index contributed by atoms with van der Waals surface area (Å²) >= 11 is 5.87. The number of ether oxygens (including phenoxy) is 1. The van der Waals surface area contributed by atoms with Gasteiger partial charge in [-0.25, -0.2) is 18.7 Å². The molecule has 0 saturated carbocycles. The van der Waals surface area contributed by atoms with Crippen molar-refractivity contribution < 1.29 is 23.4 Å². The smallest absolute Gasteiger partial charge is 0.277 e. The fraction of sp³-hybridized carbons (Fsp3) is 0.296. The zero-order chi connectivity index (χ0) is 27.5. The van der Waals surface area contributed by atoms with Gasteiger partial charge in [0.2, 0.25) is 6.43 Å². The standard InChI is InChI=1S/C25H26ClN5O3.C2H4F2/c1-16(20-5-2-4-18(32)14-22(20)34-19-9-12-27-13-10-19)30-21-6-3-11-28-24(21)25(33)31-23-8-7-17(26)15-29-23;1-2(3)4/h2-4,6-8,11,14-15,19,27,30,32H,1,5,9-10,12-13H2,(H,29,31,33);2H,1H3. The van der Waals surface area contributed by atoms with Crippen LogP contribution in [0.5, 0.6) is 0 Å². The van der Waals surface area contributed by atoms with Crippen LogP contribution in [-0.4, -0.2) is 46.6 Å². The first-order chi connectivity index (χ1) is 18.2. The lowest BCUT2D eigenvalue weighted by molar-refractivity contribution is 0.0935. The quantitative estimate of drug-likeness (QED) is 0.338. The molecule has 2 aromatic rings. The van der Waals surface area contributed by atoms with Gasteiger partial charge in [0.05, 0.1) is 10.7 Å². The number of rotatable bonds is 7. The fourth-order valence-corrected chi connectivity index (χ4v) is 3.80. The number of carbonyl (C=O) groups excluding carboxylic acids is 1. The van der Waals surface area contributed by atoms with Crippen LogP contribution < -0.4 is 16.0 Å². The van der Waals surface area contributed by atoms with Crippen LogP contribution in [0.4, 0.5) is 20.3 Å². The van der Waals surface area contributed by atoms with Crippen molar-refractivity contribution in [2.45, 2.75) is 38.7 Å². The Morgan fingerprint density at radius 1 is 1.24 bits per heavy atom. The van der Waals surface area contributed by atoms with Crippen molar-refractivity contribution >= 4 is 29.0 Å². The lowest BCUT2D eigenvalue weighted by Crippen LogP contribution is -2.32. The summed E-state index contributed by atoms with van der Waals surface area (Å²) in [5.74, 6) is 0.611. The predicted molar refractivity (Wildman–Crippen MR) is 144 cm³/mol. The van der Waals surface area contributed by atoms with E-state index in [2.05, 4.69) is 32.5 Å². The zero-order valence-corrected chi connectivity index (χ0v) is 21.6. The molecule has 1 aliphatic heterocycles. The number of piperidine rings is 1. The Morgan fingerprint density at radius 3 is 2.66 bits per heavy atom. The molecular weight excluding hydrogens is 516 g/mol. The number of nitrogens with one attached hydrogen (secondary N) is 3. The van der Waals surface area contributed by atoms with Gasteiger partial charge in [0.15, 0.2) is 5.69 Å². The maximum Gasteiger partial charge on any atom is 0.277 e. The Morgan fingerprint density at radius 2 is 1.97 bits per heavy atom. The molecule has 2 aromatic heterocycles. The highest BCUT2D eigenvalue weighted by atomic mass is 35.5. The molecule has 2 aliphatic rings. The highest BCUT2D eigenvalue weighted by molar-refractivity contribution is 6.30. The third-order valence-corrected chi connectivity index (χ3v) is 5.63. The topological polar surface area (TPSA) is 108 Å². The number of nitrogens with zero attached hydrogens (tertiary/aromatic N) is 2. The SMILES string of the molecule is C=C(Nc1cccnc1C(=O)Nc1ccc(Cl)cn1)C1=C(OC2CCNCC2)C=C(O)C=CC1.CC(F)F. The van der Waals surface area contributed by atoms with Crippen molar-refractivity contribution in [3.63, 3.8) is 0 Å². The van der Waals surface area contributed by atoms with Gasteiger partial charge >= 0.3 is 0 Å². The molecular formula is C27H30ClF2N5O3. The number of aliphatic hydroxyl groups excluding tert-OH is 1. The van der Waals surface area contributed by atoms with Crippen LogP contribution in [0.2, 0.25) is 5.02 Å². The van der Waals surface area contributed by atoms with Crippen LogP contribution in [-0.2, 0) is 4.74 Å². The third kappa shape index (κ3) is 8.97. The Labute approximate surface area is 225 Å². The van der Waals surface area contributed by atoms with Gasteiger partial charge in [-0.1, -0.05) is 24.3 Å². The molecule has 4 rings (SSSR count). The molecule has 11 heteroatoms. The van der Waals surface area contributed by atoms with E-state index in [4.69, 9.17) is 16.3 Å². The highest BCUT2D eigenvalue weighted by Gasteiger charge is 2.21. The minimum atomic E-state index is -2.17. The molecule has 0 aromatic carbocycles. The van der Waals surface area contributed by atoms with Crippen molar-refractivity contribution in [2.75, 3.05) is 23.7 Å². The first-order valence-electron chi connectivity index (χ1n) is 12.0. The number of anilines is 2. The Balaban J connectivity index is 0.000000934. The summed E-state index contributed by atoms with van der Waals surface area (Å²) in [6.45, 7) is 6.79. The fourth-order valence-electron chi connectivity index (χ4n) is 3.69. The molecule has 202 valence electrons. The highest BCUT2D eigenvalue weighted by Crippen LogP contribution is 2.28. The normalized spacial score (nSPS) is 15.7. The van der Waals surface area contributed by atoms with Gasteiger partial charge in [-0.3, -0.25) is 4.79 Å².